The number of nitrogens with zero attached hydrogens (tertiary/aromatic N) is 2. The van der Waals surface area contributed by atoms with E-state index < -0.39 is 0 Å². The molecule has 0 fully saturated rings. The number of para-hydroxylation sites is 1. The van der Waals surface area contributed by atoms with Gasteiger partial charge in [-0.1, -0.05) is 47.4 Å². The SMILES string of the molecule is Cc1ccc(Nc2nnc(SCC(=O)NCCc3c[nH]c4ccccc34)s2)cc1C. The Bertz CT molecular complexity index is 1170. The molecule has 0 radical (unpaired) electrons. The predicted molar refractivity (Wildman–Crippen MR) is 125 cm³/mol. The maximum absolute atomic E-state index is 12.2. The van der Waals surface area contributed by atoms with E-state index in [1.54, 1.807) is 0 Å². The van der Waals surface area contributed by atoms with E-state index >= 15 is 0 Å². The van der Waals surface area contributed by atoms with Crippen molar-refractivity contribution in [1.29, 1.82) is 0 Å². The van der Waals surface area contributed by atoms with Gasteiger partial charge in [-0.15, -0.1) is 10.2 Å². The fourth-order valence-electron chi connectivity index (χ4n) is 3.11. The van der Waals surface area contributed by atoms with Gasteiger partial charge in [-0.05, 0) is 55.2 Å². The van der Waals surface area contributed by atoms with Crippen LogP contribution < -0.4 is 10.6 Å². The first-order valence-electron chi connectivity index (χ1n) is 9.71. The van der Waals surface area contributed by atoms with Crippen LogP contribution in [0.4, 0.5) is 10.8 Å². The number of aryl methyl sites for hydroxylation is 2. The summed E-state index contributed by atoms with van der Waals surface area (Å²) in [4.78, 5) is 15.4. The van der Waals surface area contributed by atoms with E-state index in [0.717, 1.165) is 27.1 Å². The highest BCUT2D eigenvalue weighted by molar-refractivity contribution is 8.01. The molecule has 2 aromatic heterocycles. The second kappa shape index (κ2) is 9.32. The number of rotatable bonds is 8. The van der Waals surface area contributed by atoms with Crippen LogP contribution >= 0.6 is 23.1 Å². The third kappa shape index (κ3) is 5.01. The minimum Gasteiger partial charge on any atom is -0.361 e. The molecule has 1 amide bonds. The van der Waals surface area contributed by atoms with Crippen molar-refractivity contribution in [2.45, 2.75) is 24.6 Å². The zero-order chi connectivity index (χ0) is 20.9. The van der Waals surface area contributed by atoms with Crippen LogP contribution in [-0.2, 0) is 11.2 Å². The minimum absolute atomic E-state index is 0.00119. The summed E-state index contributed by atoms with van der Waals surface area (Å²) in [6, 6.07) is 14.4. The van der Waals surface area contributed by atoms with Gasteiger partial charge in [-0.25, -0.2) is 0 Å². The monoisotopic (exact) mass is 437 g/mol. The number of aromatic amines is 1. The standard InChI is InChI=1S/C22H23N5OS2/c1-14-7-8-17(11-15(14)2)25-21-26-27-22(30-21)29-13-20(28)23-10-9-16-12-24-19-6-4-3-5-18(16)19/h3-8,11-12,24H,9-10,13H2,1-2H3,(H,23,28)(H,25,26). The first kappa shape index (κ1) is 20.4. The lowest BCUT2D eigenvalue weighted by Gasteiger charge is -2.05. The average molecular weight is 438 g/mol. The summed E-state index contributed by atoms with van der Waals surface area (Å²) >= 11 is 2.85. The summed E-state index contributed by atoms with van der Waals surface area (Å²) in [5.74, 6) is 0.324. The molecular weight excluding hydrogens is 414 g/mol. The van der Waals surface area contributed by atoms with Crippen molar-refractivity contribution in [3.8, 4) is 0 Å². The first-order chi connectivity index (χ1) is 14.6. The molecule has 0 unspecified atom stereocenters. The number of benzene rings is 2. The summed E-state index contributed by atoms with van der Waals surface area (Å²) in [5, 5.41) is 16.5. The van der Waals surface area contributed by atoms with Crippen LogP contribution in [0.5, 0.6) is 0 Å². The van der Waals surface area contributed by atoms with Crippen LogP contribution in [0.15, 0.2) is 53.0 Å². The lowest BCUT2D eigenvalue weighted by atomic mass is 10.1. The Morgan fingerprint density at radius 3 is 2.87 bits per heavy atom. The number of amides is 1. The fraction of sp³-hybridized carbons (Fsp3) is 0.227. The summed E-state index contributed by atoms with van der Waals surface area (Å²) in [6.07, 6.45) is 2.81. The predicted octanol–water partition coefficient (Wildman–Crippen LogP) is 4.83. The van der Waals surface area contributed by atoms with Gasteiger partial charge in [-0.2, -0.15) is 0 Å². The highest BCUT2D eigenvalue weighted by atomic mass is 32.2. The van der Waals surface area contributed by atoms with Gasteiger partial charge in [-0.3, -0.25) is 4.79 Å². The van der Waals surface area contributed by atoms with E-state index in [9.17, 15) is 4.79 Å². The smallest absolute Gasteiger partial charge is 0.230 e. The Labute approximate surface area is 183 Å². The second-order valence-corrected chi connectivity index (χ2v) is 9.25. The number of H-pyrrole nitrogens is 1. The molecule has 2 aromatic carbocycles. The lowest BCUT2D eigenvalue weighted by Crippen LogP contribution is -2.27. The molecule has 8 heteroatoms. The van der Waals surface area contributed by atoms with Crippen LogP contribution in [0.3, 0.4) is 0 Å². The number of hydrogen-bond acceptors (Lipinski definition) is 6. The van der Waals surface area contributed by atoms with Crippen molar-refractivity contribution in [1.82, 2.24) is 20.5 Å². The van der Waals surface area contributed by atoms with E-state index in [1.807, 2.05) is 24.4 Å². The number of fused-ring (bicyclic) bond motifs is 1. The van der Waals surface area contributed by atoms with Gasteiger partial charge < -0.3 is 15.6 Å². The van der Waals surface area contributed by atoms with Crippen molar-refractivity contribution < 1.29 is 4.79 Å². The Morgan fingerprint density at radius 2 is 2.00 bits per heavy atom. The Balaban J connectivity index is 1.23. The zero-order valence-corrected chi connectivity index (χ0v) is 18.5. The van der Waals surface area contributed by atoms with Gasteiger partial charge in [0.2, 0.25) is 11.0 Å². The van der Waals surface area contributed by atoms with E-state index in [0.29, 0.717) is 12.3 Å². The zero-order valence-electron chi connectivity index (χ0n) is 16.9. The molecule has 30 heavy (non-hydrogen) atoms. The van der Waals surface area contributed by atoms with Gasteiger partial charge in [0.25, 0.3) is 0 Å². The molecule has 0 bridgehead atoms. The number of hydrogen-bond donors (Lipinski definition) is 3. The molecule has 2 heterocycles. The van der Waals surface area contributed by atoms with Crippen molar-refractivity contribution in [2.75, 3.05) is 17.6 Å². The van der Waals surface area contributed by atoms with Crippen LogP contribution in [0, 0.1) is 13.8 Å². The molecule has 0 aliphatic carbocycles. The van der Waals surface area contributed by atoms with Crippen molar-refractivity contribution in [3.05, 3.63) is 65.4 Å². The number of aromatic nitrogens is 3. The summed E-state index contributed by atoms with van der Waals surface area (Å²) in [7, 11) is 0. The molecule has 3 N–H and O–H groups in total. The Hall–Kier alpha value is -2.84. The summed E-state index contributed by atoms with van der Waals surface area (Å²) < 4.78 is 0.771. The van der Waals surface area contributed by atoms with Crippen LogP contribution in [0.25, 0.3) is 10.9 Å². The van der Waals surface area contributed by atoms with Crippen LogP contribution in [0.1, 0.15) is 16.7 Å². The van der Waals surface area contributed by atoms with E-state index in [4.69, 9.17) is 0 Å². The largest absolute Gasteiger partial charge is 0.361 e. The molecule has 0 aliphatic heterocycles. The van der Waals surface area contributed by atoms with Gasteiger partial charge in [0.1, 0.15) is 0 Å². The van der Waals surface area contributed by atoms with Gasteiger partial charge in [0, 0.05) is 29.3 Å². The maximum atomic E-state index is 12.2. The minimum atomic E-state index is -0.00119. The third-order valence-electron chi connectivity index (χ3n) is 4.88. The molecule has 4 rings (SSSR count). The maximum Gasteiger partial charge on any atom is 0.230 e. The molecule has 0 atom stereocenters. The molecule has 154 valence electrons. The molecule has 6 nitrogen and oxygen atoms in total. The van der Waals surface area contributed by atoms with Crippen molar-refractivity contribution in [2.24, 2.45) is 0 Å². The highest BCUT2D eigenvalue weighted by Crippen LogP contribution is 2.28. The van der Waals surface area contributed by atoms with Crippen LogP contribution in [-0.4, -0.2) is 33.4 Å². The molecule has 0 spiro atoms. The molecule has 0 aliphatic rings. The number of carbonyl (C=O) groups excluding carboxylic acids is 1. The normalized spacial score (nSPS) is 11.0. The Kier molecular flexibility index (Phi) is 6.35. The molecule has 0 saturated heterocycles. The number of carbonyl (C=O) groups is 1. The molecule has 0 saturated carbocycles. The number of anilines is 2. The Morgan fingerprint density at radius 1 is 1.13 bits per heavy atom. The van der Waals surface area contributed by atoms with E-state index in [2.05, 4.69) is 63.9 Å². The van der Waals surface area contributed by atoms with Crippen molar-refractivity contribution >= 4 is 50.7 Å². The molecular formula is C22H23N5OS2. The van der Waals surface area contributed by atoms with Gasteiger partial charge in [0.15, 0.2) is 4.34 Å². The van der Waals surface area contributed by atoms with E-state index in [-0.39, 0.29) is 5.91 Å². The topological polar surface area (TPSA) is 82.7 Å². The van der Waals surface area contributed by atoms with Gasteiger partial charge >= 0.3 is 0 Å². The average Bonchev–Trinajstić information content (AvgIpc) is 3.36. The number of thioether (sulfide) groups is 1. The first-order valence-corrected chi connectivity index (χ1v) is 11.5. The third-order valence-corrected chi connectivity index (χ3v) is 6.85. The van der Waals surface area contributed by atoms with E-state index in [1.165, 1.54) is 45.2 Å². The van der Waals surface area contributed by atoms with Crippen LogP contribution in [0.2, 0.25) is 0 Å². The number of nitrogens with one attached hydrogen (secondary N) is 3. The van der Waals surface area contributed by atoms with Crippen molar-refractivity contribution in [3.63, 3.8) is 0 Å². The van der Waals surface area contributed by atoms with Gasteiger partial charge in [0.05, 0.1) is 5.75 Å². The summed E-state index contributed by atoms with van der Waals surface area (Å²) in [5.41, 5.74) is 5.80. The molecule has 4 aromatic rings. The second-order valence-electron chi connectivity index (χ2n) is 7.05. The quantitative estimate of drug-likeness (QED) is 0.344. The fourth-order valence-corrected chi connectivity index (χ4v) is 4.72. The highest BCUT2D eigenvalue weighted by Gasteiger charge is 2.09. The lowest BCUT2D eigenvalue weighted by molar-refractivity contribution is -0.118. The summed E-state index contributed by atoms with van der Waals surface area (Å²) in [6.45, 7) is 4.78.